The Kier molecular flexibility index (Phi) is 2.31. The highest BCUT2D eigenvalue weighted by molar-refractivity contribution is 7.20. The first-order valence-corrected chi connectivity index (χ1v) is 6.61. The van der Waals surface area contributed by atoms with E-state index >= 15 is 0 Å². The standard InChI is InChI=1S/C10H10N2OS2/c13-6-2-1-3-7-9(6)12-10(15-7)8-4-11-5-14-8/h4-6,13H,1-3H2. The predicted octanol–water partition coefficient (Wildman–Crippen LogP) is 2.64. The van der Waals surface area contributed by atoms with Crippen molar-refractivity contribution in [2.24, 2.45) is 0 Å². The minimum Gasteiger partial charge on any atom is -0.387 e. The van der Waals surface area contributed by atoms with Gasteiger partial charge in [-0.3, -0.25) is 4.98 Å². The van der Waals surface area contributed by atoms with Crippen LogP contribution in [0, 0.1) is 0 Å². The van der Waals surface area contributed by atoms with E-state index in [2.05, 4.69) is 9.97 Å². The predicted molar refractivity (Wildman–Crippen MR) is 61.1 cm³/mol. The molecule has 78 valence electrons. The minimum atomic E-state index is -0.355. The first-order chi connectivity index (χ1) is 7.34. The molecule has 15 heavy (non-hydrogen) atoms. The van der Waals surface area contributed by atoms with Crippen molar-refractivity contribution in [3.63, 3.8) is 0 Å². The van der Waals surface area contributed by atoms with Gasteiger partial charge in [0.05, 0.1) is 22.2 Å². The summed E-state index contributed by atoms with van der Waals surface area (Å²) in [7, 11) is 0. The molecule has 2 aromatic heterocycles. The number of thiazole rings is 2. The maximum Gasteiger partial charge on any atom is 0.135 e. The van der Waals surface area contributed by atoms with Crippen LogP contribution in [0.25, 0.3) is 9.88 Å². The lowest BCUT2D eigenvalue weighted by atomic mass is 10.0. The van der Waals surface area contributed by atoms with Gasteiger partial charge in [-0.15, -0.1) is 22.7 Å². The van der Waals surface area contributed by atoms with Crippen LogP contribution in [0.1, 0.15) is 29.5 Å². The van der Waals surface area contributed by atoms with Gasteiger partial charge in [0.15, 0.2) is 0 Å². The van der Waals surface area contributed by atoms with Crippen molar-refractivity contribution in [3.05, 3.63) is 22.3 Å². The fraction of sp³-hybridized carbons (Fsp3) is 0.400. The highest BCUT2D eigenvalue weighted by atomic mass is 32.1. The van der Waals surface area contributed by atoms with Gasteiger partial charge in [-0.1, -0.05) is 0 Å². The molecule has 0 bridgehead atoms. The molecule has 0 amide bonds. The summed E-state index contributed by atoms with van der Waals surface area (Å²) in [6, 6.07) is 0. The maximum absolute atomic E-state index is 9.80. The molecule has 0 fully saturated rings. The van der Waals surface area contributed by atoms with Crippen LogP contribution in [0.4, 0.5) is 0 Å². The average molecular weight is 238 g/mol. The summed E-state index contributed by atoms with van der Waals surface area (Å²) >= 11 is 3.29. The molecule has 0 radical (unpaired) electrons. The van der Waals surface area contributed by atoms with Gasteiger partial charge in [0.1, 0.15) is 5.01 Å². The number of fused-ring (bicyclic) bond motifs is 1. The molecule has 1 aliphatic carbocycles. The molecule has 3 nitrogen and oxygen atoms in total. The molecule has 1 aliphatic rings. The summed E-state index contributed by atoms with van der Waals surface area (Å²) in [6.07, 6.45) is 4.45. The summed E-state index contributed by atoms with van der Waals surface area (Å²) in [5.74, 6) is 0. The summed E-state index contributed by atoms with van der Waals surface area (Å²) in [5, 5.41) is 10.8. The number of aliphatic hydroxyl groups excluding tert-OH is 1. The maximum atomic E-state index is 9.80. The van der Waals surface area contributed by atoms with Crippen molar-refractivity contribution >= 4 is 22.7 Å². The Morgan fingerprint density at radius 3 is 3.13 bits per heavy atom. The smallest absolute Gasteiger partial charge is 0.135 e. The fourth-order valence-corrected chi connectivity index (χ4v) is 3.66. The second kappa shape index (κ2) is 3.66. The molecule has 1 atom stereocenters. The monoisotopic (exact) mass is 238 g/mol. The average Bonchev–Trinajstić information content (AvgIpc) is 2.86. The van der Waals surface area contributed by atoms with Crippen LogP contribution in [-0.2, 0) is 6.42 Å². The SMILES string of the molecule is OC1CCCc2sc(-c3cncs3)nc21. The third-order valence-corrected chi connectivity index (χ3v) is 4.64. The molecule has 0 spiro atoms. The zero-order valence-corrected chi connectivity index (χ0v) is 9.64. The van der Waals surface area contributed by atoms with Gasteiger partial charge in [0, 0.05) is 11.1 Å². The van der Waals surface area contributed by atoms with Crippen molar-refractivity contribution in [3.8, 4) is 9.88 Å². The number of aromatic nitrogens is 2. The third kappa shape index (κ3) is 1.60. The van der Waals surface area contributed by atoms with Crippen LogP contribution >= 0.6 is 22.7 Å². The number of aliphatic hydroxyl groups is 1. The third-order valence-electron chi connectivity index (χ3n) is 2.57. The number of hydrogen-bond acceptors (Lipinski definition) is 5. The Morgan fingerprint density at radius 1 is 1.47 bits per heavy atom. The Labute approximate surface area is 95.5 Å². The van der Waals surface area contributed by atoms with Gasteiger partial charge in [-0.05, 0) is 19.3 Å². The van der Waals surface area contributed by atoms with Gasteiger partial charge in [-0.2, -0.15) is 0 Å². The lowest BCUT2D eigenvalue weighted by molar-refractivity contribution is 0.153. The molecule has 0 saturated heterocycles. The molecule has 5 heteroatoms. The van der Waals surface area contributed by atoms with Crippen molar-refractivity contribution in [2.45, 2.75) is 25.4 Å². The van der Waals surface area contributed by atoms with Crippen LogP contribution in [-0.4, -0.2) is 15.1 Å². The molecule has 0 saturated carbocycles. The van der Waals surface area contributed by atoms with Crippen LogP contribution in [0.5, 0.6) is 0 Å². The van der Waals surface area contributed by atoms with E-state index in [1.807, 2.05) is 11.7 Å². The Bertz CT molecular complexity index is 464. The molecular formula is C10H10N2OS2. The van der Waals surface area contributed by atoms with E-state index in [9.17, 15) is 5.11 Å². The summed E-state index contributed by atoms with van der Waals surface area (Å²) in [5.41, 5.74) is 2.71. The highest BCUT2D eigenvalue weighted by Crippen LogP contribution is 2.37. The lowest BCUT2D eigenvalue weighted by Crippen LogP contribution is -2.07. The van der Waals surface area contributed by atoms with E-state index in [1.165, 1.54) is 4.88 Å². The van der Waals surface area contributed by atoms with Gasteiger partial charge >= 0.3 is 0 Å². The summed E-state index contributed by atoms with van der Waals surface area (Å²) in [4.78, 5) is 10.9. The molecule has 0 aliphatic heterocycles. The first-order valence-electron chi connectivity index (χ1n) is 4.91. The van der Waals surface area contributed by atoms with E-state index in [0.29, 0.717) is 0 Å². The molecule has 0 aromatic carbocycles. The zero-order chi connectivity index (χ0) is 10.3. The van der Waals surface area contributed by atoms with E-state index < -0.39 is 0 Å². The van der Waals surface area contributed by atoms with Gasteiger partial charge in [-0.25, -0.2) is 4.98 Å². The van der Waals surface area contributed by atoms with E-state index in [1.54, 1.807) is 22.7 Å². The molecule has 1 unspecified atom stereocenters. The largest absolute Gasteiger partial charge is 0.387 e. The quantitative estimate of drug-likeness (QED) is 0.830. The van der Waals surface area contributed by atoms with E-state index in [4.69, 9.17) is 0 Å². The lowest BCUT2D eigenvalue weighted by Gasteiger charge is -2.14. The molecule has 1 N–H and O–H groups in total. The second-order valence-corrected chi connectivity index (χ2v) is 5.57. The highest BCUT2D eigenvalue weighted by Gasteiger charge is 2.23. The normalized spacial score (nSPS) is 20.2. The van der Waals surface area contributed by atoms with Crippen LogP contribution in [0.2, 0.25) is 0 Å². The zero-order valence-electron chi connectivity index (χ0n) is 8.01. The topological polar surface area (TPSA) is 46.0 Å². The van der Waals surface area contributed by atoms with Crippen molar-refractivity contribution in [1.29, 1.82) is 0 Å². The first kappa shape index (κ1) is 9.45. The fourth-order valence-electron chi connectivity index (χ4n) is 1.82. The number of aryl methyl sites for hydroxylation is 1. The summed E-state index contributed by atoms with van der Waals surface area (Å²) in [6.45, 7) is 0. The molecular weight excluding hydrogens is 228 g/mol. The second-order valence-electron chi connectivity index (χ2n) is 3.60. The Morgan fingerprint density at radius 2 is 2.40 bits per heavy atom. The van der Waals surface area contributed by atoms with Gasteiger partial charge in [0.2, 0.25) is 0 Å². The van der Waals surface area contributed by atoms with Crippen LogP contribution in [0.15, 0.2) is 11.7 Å². The Hall–Kier alpha value is -0.780. The van der Waals surface area contributed by atoms with Crippen LogP contribution in [0.3, 0.4) is 0 Å². The van der Waals surface area contributed by atoms with Crippen molar-refractivity contribution < 1.29 is 5.11 Å². The summed E-state index contributed by atoms with van der Waals surface area (Å²) < 4.78 is 0. The Balaban J connectivity index is 2.06. The van der Waals surface area contributed by atoms with E-state index in [0.717, 1.165) is 34.8 Å². The molecule has 2 heterocycles. The van der Waals surface area contributed by atoms with Crippen LogP contribution < -0.4 is 0 Å². The number of nitrogens with zero attached hydrogens (tertiary/aromatic N) is 2. The van der Waals surface area contributed by atoms with E-state index in [-0.39, 0.29) is 6.10 Å². The van der Waals surface area contributed by atoms with Gasteiger partial charge in [0.25, 0.3) is 0 Å². The molecule has 2 aromatic rings. The minimum absolute atomic E-state index is 0.355. The van der Waals surface area contributed by atoms with Gasteiger partial charge < -0.3 is 5.11 Å². The number of hydrogen-bond donors (Lipinski definition) is 1. The van der Waals surface area contributed by atoms with Crippen molar-refractivity contribution in [2.75, 3.05) is 0 Å². The molecule has 3 rings (SSSR count). The van der Waals surface area contributed by atoms with Crippen molar-refractivity contribution in [1.82, 2.24) is 9.97 Å². The number of rotatable bonds is 1.